The van der Waals surface area contributed by atoms with Gasteiger partial charge in [0.15, 0.2) is 11.9 Å². The summed E-state index contributed by atoms with van der Waals surface area (Å²) in [5.41, 5.74) is 1.58. The lowest BCUT2D eigenvalue weighted by Gasteiger charge is -2.31. The minimum atomic E-state index is 0.0162. The van der Waals surface area contributed by atoms with Crippen LogP contribution < -0.4 is 4.74 Å². The van der Waals surface area contributed by atoms with E-state index < -0.39 is 0 Å². The Hall–Kier alpha value is -1.84. The molecule has 4 rings (SSSR count). The van der Waals surface area contributed by atoms with Crippen molar-refractivity contribution in [3.05, 3.63) is 41.5 Å². The second-order valence-corrected chi connectivity index (χ2v) is 6.64. The highest BCUT2D eigenvalue weighted by atomic mass is 16.5. The Kier molecular flexibility index (Phi) is 2.43. The lowest BCUT2D eigenvalue weighted by Crippen LogP contribution is -2.29. The number of ether oxygens (including phenoxy) is 1. The molecule has 20 heavy (non-hydrogen) atoms. The molecule has 1 aromatic carbocycles. The average Bonchev–Trinajstić information content (AvgIpc) is 2.99. The molecule has 0 saturated carbocycles. The van der Waals surface area contributed by atoms with E-state index in [1.54, 1.807) is 0 Å². The SMILES string of the molecule is CC1(C)CCc2nnc([C@@H]3Cc4ccccc4O3)n2C1. The van der Waals surface area contributed by atoms with Crippen LogP contribution in [0.3, 0.4) is 0 Å². The molecule has 0 bridgehead atoms. The number of aryl methyl sites for hydroxylation is 1. The van der Waals surface area contributed by atoms with Gasteiger partial charge in [0.2, 0.25) is 0 Å². The van der Waals surface area contributed by atoms with Gasteiger partial charge in [-0.25, -0.2) is 0 Å². The van der Waals surface area contributed by atoms with Crippen molar-refractivity contribution in [3.63, 3.8) is 0 Å². The van der Waals surface area contributed by atoms with Crippen molar-refractivity contribution >= 4 is 0 Å². The van der Waals surface area contributed by atoms with Gasteiger partial charge in [0.25, 0.3) is 0 Å². The standard InChI is InChI=1S/C16H19N3O/c1-16(2)8-7-14-17-18-15(19(14)10-16)13-9-11-5-3-4-6-12(11)20-13/h3-6,13H,7-10H2,1-2H3/t13-/m0/s1. The molecule has 1 aromatic heterocycles. The second kappa shape index (κ2) is 4.08. The minimum Gasteiger partial charge on any atom is -0.482 e. The van der Waals surface area contributed by atoms with Crippen LogP contribution in [-0.4, -0.2) is 14.8 Å². The topological polar surface area (TPSA) is 39.9 Å². The summed E-state index contributed by atoms with van der Waals surface area (Å²) in [6.45, 7) is 5.61. The third-order valence-electron chi connectivity index (χ3n) is 4.40. The Morgan fingerprint density at radius 1 is 1.25 bits per heavy atom. The maximum atomic E-state index is 6.06. The molecule has 104 valence electrons. The molecule has 3 heterocycles. The van der Waals surface area contributed by atoms with Crippen LogP contribution in [0.5, 0.6) is 5.75 Å². The van der Waals surface area contributed by atoms with E-state index in [0.29, 0.717) is 5.41 Å². The number of rotatable bonds is 1. The second-order valence-electron chi connectivity index (χ2n) is 6.64. The minimum absolute atomic E-state index is 0.0162. The van der Waals surface area contributed by atoms with Crippen molar-refractivity contribution in [1.82, 2.24) is 14.8 Å². The molecule has 0 amide bonds. The van der Waals surface area contributed by atoms with Crippen LogP contribution in [0.1, 0.15) is 43.6 Å². The van der Waals surface area contributed by atoms with E-state index in [-0.39, 0.29) is 6.10 Å². The Labute approximate surface area is 118 Å². The van der Waals surface area contributed by atoms with E-state index in [0.717, 1.165) is 36.8 Å². The van der Waals surface area contributed by atoms with E-state index >= 15 is 0 Å². The van der Waals surface area contributed by atoms with Gasteiger partial charge in [0, 0.05) is 19.4 Å². The lowest BCUT2D eigenvalue weighted by molar-refractivity contribution is 0.197. The number of hydrogen-bond donors (Lipinski definition) is 0. The molecule has 2 aliphatic heterocycles. The Morgan fingerprint density at radius 3 is 2.95 bits per heavy atom. The molecule has 2 aliphatic rings. The zero-order valence-corrected chi connectivity index (χ0v) is 12.0. The van der Waals surface area contributed by atoms with Gasteiger partial charge in [-0.1, -0.05) is 32.0 Å². The fourth-order valence-corrected chi connectivity index (χ4v) is 3.23. The zero-order valence-electron chi connectivity index (χ0n) is 12.0. The van der Waals surface area contributed by atoms with Gasteiger partial charge in [0.05, 0.1) is 0 Å². The van der Waals surface area contributed by atoms with Crippen molar-refractivity contribution in [1.29, 1.82) is 0 Å². The van der Waals surface area contributed by atoms with E-state index in [9.17, 15) is 0 Å². The van der Waals surface area contributed by atoms with Crippen LogP contribution in [0.25, 0.3) is 0 Å². The van der Waals surface area contributed by atoms with Gasteiger partial charge >= 0.3 is 0 Å². The molecule has 0 spiro atoms. The smallest absolute Gasteiger partial charge is 0.174 e. The maximum Gasteiger partial charge on any atom is 0.174 e. The summed E-state index contributed by atoms with van der Waals surface area (Å²) in [6, 6.07) is 8.25. The first-order chi connectivity index (χ1) is 9.62. The van der Waals surface area contributed by atoms with Crippen molar-refractivity contribution in [3.8, 4) is 5.75 Å². The predicted octanol–water partition coefficient (Wildman–Crippen LogP) is 2.93. The summed E-state index contributed by atoms with van der Waals surface area (Å²) in [4.78, 5) is 0. The molecule has 0 aliphatic carbocycles. The normalized spacial score (nSPS) is 23.0. The number of nitrogens with zero attached hydrogens (tertiary/aromatic N) is 3. The molecule has 0 N–H and O–H groups in total. The van der Waals surface area contributed by atoms with E-state index in [2.05, 4.69) is 40.7 Å². The van der Waals surface area contributed by atoms with Gasteiger partial charge < -0.3 is 9.30 Å². The first-order valence-electron chi connectivity index (χ1n) is 7.29. The number of benzene rings is 1. The lowest BCUT2D eigenvalue weighted by atomic mass is 9.85. The van der Waals surface area contributed by atoms with Gasteiger partial charge in [-0.3, -0.25) is 0 Å². The largest absolute Gasteiger partial charge is 0.482 e. The molecule has 4 nitrogen and oxygen atoms in total. The third-order valence-corrected chi connectivity index (χ3v) is 4.40. The van der Waals surface area contributed by atoms with Gasteiger partial charge in [-0.15, -0.1) is 10.2 Å². The zero-order chi connectivity index (χ0) is 13.7. The summed E-state index contributed by atoms with van der Waals surface area (Å²) >= 11 is 0. The average molecular weight is 269 g/mol. The highest BCUT2D eigenvalue weighted by Crippen LogP contribution is 2.38. The molecule has 4 heteroatoms. The van der Waals surface area contributed by atoms with Crippen molar-refractivity contribution < 1.29 is 4.74 Å². The number of hydrogen-bond acceptors (Lipinski definition) is 3. The molecule has 0 saturated heterocycles. The Balaban J connectivity index is 1.67. The van der Waals surface area contributed by atoms with Crippen LogP contribution in [-0.2, 0) is 19.4 Å². The third kappa shape index (κ3) is 1.82. The molecule has 0 unspecified atom stereocenters. The van der Waals surface area contributed by atoms with Crippen molar-refractivity contribution in [2.75, 3.05) is 0 Å². The molecule has 1 atom stereocenters. The van der Waals surface area contributed by atoms with Gasteiger partial charge in [0.1, 0.15) is 11.6 Å². The van der Waals surface area contributed by atoms with Crippen LogP contribution in [0.4, 0.5) is 0 Å². The number of fused-ring (bicyclic) bond motifs is 2. The molecular formula is C16H19N3O. The van der Waals surface area contributed by atoms with Crippen LogP contribution in [0, 0.1) is 5.41 Å². The number of para-hydroxylation sites is 1. The van der Waals surface area contributed by atoms with E-state index in [4.69, 9.17) is 4.74 Å². The maximum absolute atomic E-state index is 6.06. The van der Waals surface area contributed by atoms with Gasteiger partial charge in [-0.05, 0) is 23.5 Å². The Bertz CT molecular complexity index is 634. The summed E-state index contributed by atoms with van der Waals surface area (Å²) in [5, 5.41) is 8.78. The fourth-order valence-electron chi connectivity index (χ4n) is 3.23. The molecule has 2 aromatic rings. The molecular weight excluding hydrogens is 250 g/mol. The summed E-state index contributed by atoms with van der Waals surface area (Å²) < 4.78 is 8.34. The Morgan fingerprint density at radius 2 is 2.10 bits per heavy atom. The highest BCUT2D eigenvalue weighted by Gasteiger charge is 2.34. The predicted molar refractivity (Wildman–Crippen MR) is 75.6 cm³/mol. The molecule has 0 fully saturated rings. The fraction of sp³-hybridized carbons (Fsp3) is 0.500. The first-order valence-corrected chi connectivity index (χ1v) is 7.29. The van der Waals surface area contributed by atoms with E-state index in [1.807, 2.05) is 12.1 Å². The summed E-state index contributed by atoms with van der Waals surface area (Å²) in [6.07, 6.45) is 3.10. The quantitative estimate of drug-likeness (QED) is 0.799. The van der Waals surface area contributed by atoms with E-state index in [1.165, 1.54) is 12.0 Å². The van der Waals surface area contributed by atoms with Crippen LogP contribution in [0.2, 0.25) is 0 Å². The van der Waals surface area contributed by atoms with Crippen LogP contribution in [0.15, 0.2) is 24.3 Å². The number of aromatic nitrogens is 3. The summed E-state index contributed by atoms with van der Waals surface area (Å²) in [7, 11) is 0. The molecule has 0 radical (unpaired) electrons. The van der Waals surface area contributed by atoms with Crippen molar-refractivity contribution in [2.45, 2.75) is 45.8 Å². The van der Waals surface area contributed by atoms with Gasteiger partial charge in [-0.2, -0.15) is 0 Å². The summed E-state index contributed by atoms with van der Waals surface area (Å²) in [5.74, 6) is 3.09. The highest BCUT2D eigenvalue weighted by molar-refractivity contribution is 5.38. The first kappa shape index (κ1) is 11.9. The van der Waals surface area contributed by atoms with Crippen molar-refractivity contribution in [2.24, 2.45) is 5.41 Å². The van der Waals surface area contributed by atoms with Crippen LogP contribution >= 0.6 is 0 Å². The monoisotopic (exact) mass is 269 g/mol.